The van der Waals surface area contributed by atoms with Gasteiger partial charge in [0.15, 0.2) is 0 Å². The molecule has 0 aromatic heterocycles. The number of carbonyl (C=O) groups is 2. The van der Waals surface area contributed by atoms with Crippen molar-refractivity contribution in [2.75, 3.05) is 39.0 Å². The molecule has 6 nitrogen and oxygen atoms in total. The number of nitrogens with one attached hydrogen (secondary N) is 2. The zero-order valence-electron chi connectivity index (χ0n) is 19.3. The fourth-order valence-electron chi connectivity index (χ4n) is 3.97. The van der Waals surface area contributed by atoms with Gasteiger partial charge in [-0.1, -0.05) is 19.1 Å². The smallest absolute Gasteiger partial charge is 0.319 e. The molecule has 1 aliphatic heterocycles. The first-order valence-electron chi connectivity index (χ1n) is 11.1. The van der Waals surface area contributed by atoms with Gasteiger partial charge in [-0.2, -0.15) is 0 Å². The monoisotopic (exact) mass is 440 g/mol. The third-order valence-corrected chi connectivity index (χ3v) is 6.13. The van der Waals surface area contributed by atoms with Gasteiger partial charge in [0, 0.05) is 30.9 Å². The van der Waals surface area contributed by atoms with Crippen LogP contribution < -0.4 is 10.6 Å². The fourth-order valence-corrected chi connectivity index (χ4v) is 3.97. The first kappa shape index (κ1) is 23.7. The van der Waals surface area contributed by atoms with Crippen LogP contribution in [0.25, 0.3) is 0 Å². The predicted molar refractivity (Wildman–Crippen MR) is 125 cm³/mol. The molecule has 0 aliphatic carbocycles. The molecule has 0 bridgehead atoms. The lowest BCUT2D eigenvalue weighted by atomic mass is 9.98. The van der Waals surface area contributed by atoms with Crippen LogP contribution in [0.1, 0.15) is 47.3 Å². The lowest BCUT2D eigenvalue weighted by molar-refractivity contribution is 0.0697. The molecular formula is C25H33FN4O2. The third-order valence-electron chi connectivity index (χ3n) is 6.13. The summed E-state index contributed by atoms with van der Waals surface area (Å²) in [6, 6.07) is 11.2. The summed E-state index contributed by atoms with van der Waals surface area (Å²) in [5, 5.41) is 5.75. The Balaban J connectivity index is 1.58. The van der Waals surface area contributed by atoms with Crippen LogP contribution in [0, 0.1) is 18.7 Å². The topological polar surface area (TPSA) is 64.7 Å². The van der Waals surface area contributed by atoms with Crippen LogP contribution in [0.4, 0.5) is 14.9 Å². The number of hydrogen-bond donors (Lipinski definition) is 2. The van der Waals surface area contributed by atoms with Crippen molar-refractivity contribution in [1.29, 1.82) is 0 Å². The summed E-state index contributed by atoms with van der Waals surface area (Å²) in [5.74, 6) is 0.425. The van der Waals surface area contributed by atoms with Crippen LogP contribution in [0.2, 0.25) is 0 Å². The SMILES string of the molecule is Cc1cc(C(=O)N2CCC(C)CC2)ccc1NC(=O)NCC(c1ccc(F)cc1)N(C)C. The molecule has 1 heterocycles. The maximum absolute atomic E-state index is 13.2. The number of hydrogen-bond acceptors (Lipinski definition) is 3. The van der Waals surface area contributed by atoms with Crippen LogP contribution in [-0.2, 0) is 0 Å². The molecule has 2 aromatic carbocycles. The van der Waals surface area contributed by atoms with Crippen molar-refractivity contribution in [1.82, 2.24) is 15.1 Å². The lowest BCUT2D eigenvalue weighted by Gasteiger charge is -2.30. The Bertz CT molecular complexity index is 937. The molecule has 32 heavy (non-hydrogen) atoms. The maximum Gasteiger partial charge on any atom is 0.319 e. The van der Waals surface area contributed by atoms with Crippen molar-refractivity contribution in [3.05, 3.63) is 65.0 Å². The second-order valence-corrected chi connectivity index (χ2v) is 8.87. The van der Waals surface area contributed by atoms with Crippen LogP contribution in [0.15, 0.2) is 42.5 Å². The van der Waals surface area contributed by atoms with Crippen LogP contribution in [-0.4, -0.2) is 55.5 Å². The number of halogens is 1. The van der Waals surface area contributed by atoms with Crippen molar-refractivity contribution in [2.45, 2.75) is 32.7 Å². The zero-order valence-corrected chi connectivity index (χ0v) is 19.3. The molecular weight excluding hydrogens is 407 g/mol. The predicted octanol–water partition coefficient (Wildman–Crippen LogP) is 4.43. The standard InChI is InChI=1S/C25H33FN4O2/c1-17-11-13-30(14-12-17)24(31)20-7-10-22(18(2)15-20)28-25(32)27-16-23(29(3)4)19-5-8-21(26)9-6-19/h5-10,15,17,23H,11-14,16H2,1-4H3,(H2,27,28,32). The normalized spacial score (nSPS) is 15.5. The minimum Gasteiger partial charge on any atom is -0.339 e. The molecule has 7 heteroatoms. The average molecular weight is 441 g/mol. The van der Waals surface area contributed by atoms with E-state index in [1.165, 1.54) is 12.1 Å². The molecule has 1 unspecified atom stereocenters. The van der Waals surface area contributed by atoms with E-state index < -0.39 is 0 Å². The summed E-state index contributed by atoms with van der Waals surface area (Å²) in [6.07, 6.45) is 2.08. The fraction of sp³-hybridized carbons (Fsp3) is 0.440. The number of nitrogens with zero attached hydrogens (tertiary/aromatic N) is 2. The van der Waals surface area contributed by atoms with Crippen molar-refractivity contribution in [3.63, 3.8) is 0 Å². The van der Waals surface area contributed by atoms with Crippen LogP contribution in [0.5, 0.6) is 0 Å². The van der Waals surface area contributed by atoms with E-state index in [-0.39, 0.29) is 23.8 Å². The quantitative estimate of drug-likeness (QED) is 0.698. The summed E-state index contributed by atoms with van der Waals surface area (Å²) in [4.78, 5) is 29.2. The van der Waals surface area contributed by atoms with Crippen LogP contribution >= 0.6 is 0 Å². The number of carbonyl (C=O) groups excluding carboxylic acids is 2. The van der Waals surface area contributed by atoms with Gasteiger partial charge < -0.3 is 20.4 Å². The maximum atomic E-state index is 13.2. The molecule has 3 amide bonds. The first-order valence-corrected chi connectivity index (χ1v) is 11.1. The number of amides is 3. The molecule has 3 rings (SSSR count). The van der Waals surface area contributed by atoms with E-state index in [4.69, 9.17) is 0 Å². The second-order valence-electron chi connectivity index (χ2n) is 8.87. The second kappa shape index (κ2) is 10.6. The van der Waals surface area contributed by atoms with E-state index in [9.17, 15) is 14.0 Å². The Labute approximate surface area is 189 Å². The minimum atomic E-state index is -0.328. The van der Waals surface area contributed by atoms with E-state index in [0.29, 0.717) is 23.7 Å². The molecule has 2 N–H and O–H groups in total. The molecule has 1 atom stereocenters. The number of likely N-dealkylation sites (N-methyl/N-ethyl adjacent to an activating group) is 1. The molecule has 0 spiro atoms. The van der Waals surface area contributed by atoms with E-state index in [1.807, 2.05) is 36.9 Å². The van der Waals surface area contributed by atoms with Gasteiger partial charge in [0.2, 0.25) is 0 Å². The lowest BCUT2D eigenvalue weighted by Crippen LogP contribution is -2.38. The highest BCUT2D eigenvalue weighted by molar-refractivity contribution is 5.96. The van der Waals surface area contributed by atoms with Gasteiger partial charge in [0.25, 0.3) is 5.91 Å². The highest BCUT2D eigenvalue weighted by Crippen LogP contribution is 2.22. The van der Waals surface area contributed by atoms with Gasteiger partial charge in [0.05, 0.1) is 6.04 Å². The number of piperidine rings is 1. The van der Waals surface area contributed by atoms with E-state index in [0.717, 1.165) is 37.1 Å². The Morgan fingerprint density at radius 2 is 1.78 bits per heavy atom. The van der Waals surface area contributed by atoms with Crippen LogP contribution in [0.3, 0.4) is 0 Å². The Morgan fingerprint density at radius 1 is 1.12 bits per heavy atom. The molecule has 1 aliphatic rings. The van der Waals surface area contributed by atoms with Crippen molar-refractivity contribution >= 4 is 17.6 Å². The van der Waals surface area contributed by atoms with E-state index in [1.54, 1.807) is 24.3 Å². The Kier molecular flexibility index (Phi) is 7.85. The molecule has 0 radical (unpaired) electrons. The number of anilines is 1. The van der Waals surface area contributed by atoms with Crippen molar-refractivity contribution < 1.29 is 14.0 Å². The number of likely N-dealkylation sites (tertiary alicyclic amines) is 1. The van der Waals surface area contributed by atoms with Crippen molar-refractivity contribution in [2.24, 2.45) is 5.92 Å². The largest absolute Gasteiger partial charge is 0.339 e. The molecule has 2 aromatic rings. The Morgan fingerprint density at radius 3 is 2.38 bits per heavy atom. The highest BCUT2D eigenvalue weighted by atomic mass is 19.1. The molecule has 1 saturated heterocycles. The van der Waals surface area contributed by atoms with E-state index in [2.05, 4.69) is 17.6 Å². The van der Waals surface area contributed by atoms with E-state index >= 15 is 0 Å². The van der Waals surface area contributed by atoms with Crippen molar-refractivity contribution in [3.8, 4) is 0 Å². The van der Waals surface area contributed by atoms with Gasteiger partial charge in [-0.3, -0.25) is 4.79 Å². The first-order chi connectivity index (χ1) is 15.2. The van der Waals surface area contributed by atoms with Gasteiger partial charge in [-0.15, -0.1) is 0 Å². The number of rotatable bonds is 6. The molecule has 0 saturated carbocycles. The zero-order chi connectivity index (χ0) is 23.3. The summed E-state index contributed by atoms with van der Waals surface area (Å²) >= 11 is 0. The molecule has 172 valence electrons. The van der Waals surface area contributed by atoms with Gasteiger partial charge in [-0.05, 0) is 81.2 Å². The summed E-state index contributed by atoms with van der Waals surface area (Å²) in [5.41, 5.74) is 3.06. The highest BCUT2D eigenvalue weighted by Gasteiger charge is 2.22. The molecule has 1 fully saturated rings. The van der Waals surface area contributed by atoms with Gasteiger partial charge >= 0.3 is 6.03 Å². The number of urea groups is 1. The van der Waals surface area contributed by atoms with Gasteiger partial charge in [0.1, 0.15) is 5.82 Å². The third kappa shape index (κ3) is 6.07. The summed E-state index contributed by atoms with van der Waals surface area (Å²) in [6.45, 7) is 6.06. The number of benzene rings is 2. The Hall–Kier alpha value is -2.93. The average Bonchev–Trinajstić information content (AvgIpc) is 2.76. The van der Waals surface area contributed by atoms with Gasteiger partial charge in [-0.25, -0.2) is 9.18 Å². The minimum absolute atomic E-state index is 0.0455. The number of aryl methyl sites for hydroxylation is 1. The summed E-state index contributed by atoms with van der Waals surface area (Å²) < 4.78 is 13.2. The summed E-state index contributed by atoms with van der Waals surface area (Å²) in [7, 11) is 3.83.